The van der Waals surface area contributed by atoms with Crippen LogP contribution < -0.4 is 5.73 Å². The van der Waals surface area contributed by atoms with Gasteiger partial charge in [-0.05, 0) is 30.4 Å². The Morgan fingerprint density at radius 1 is 1.53 bits per heavy atom. The molecule has 1 aliphatic carbocycles. The van der Waals surface area contributed by atoms with Crippen LogP contribution in [0.3, 0.4) is 0 Å². The highest BCUT2D eigenvalue weighted by atomic mass is 35.5. The van der Waals surface area contributed by atoms with Crippen molar-refractivity contribution >= 4 is 17.4 Å². The first-order valence-corrected chi connectivity index (χ1v) is 4.39. The Hall–Kier alpha value is -1.12. The molecule has 0 aromatic heterocycles. The third-order valence-electron chi connectivity index (χ3n) is 1.94. The quantitative estimate of drug-likeness (QED) is 0.805. The van der Waals surface area contributed by atoms with Gasteiger partial charge in [-0.1, -0.05) is 35.8 Å². The Morgan fingerprint density at radius 2 is 2.27 bits per heavy atom. The highest BCUT2D eigenvalue weighted by Gasteiger charge is 2.36. The molecule has 0 saturated heterocycles. The first-order chi connectivity index (χ1) is 10.7. The summed E-state index contributed by atoms with van der Waals surface area (Å²) in [6.07, 6.45) is -5.48. The van der Waals surface area contributed by atoms with Crippen LogP contribution in [0, 0.1) is 0 Å². The van der Waals surface area contributed by atoms with E-state index in [1.807, 2.05) is 0 Å². The Balaban J connectivity index is 3.00. The van der Waals surface area contributed by atoms with Crippen molar-refractivity contribution in [1.82, 2.24) is 0 Å². The second-order valence-corrected chi connectivity index (χ2v) is 3.26. The smallest absolute Gasteiger partial charge is 0.179 e. The predicted octanol–water partition coefficient (Wildman–Crippen LogP) is 2.41. The molecule has 2 nitrogen and oxygen atoms in total. The summed E-state index contributed by atoms with van der Waals surface area (Å²) in [5, 5.41) is -0.689. The van der Waals surface area contributed by atoms with Crippen molar-refractivity contribution < 1.29 is 17.1 Å². The molecule has 1 atom stereocenters. The lowest BCUT2D eigenvalue weighted by molar-refractivity contribution is -0.120. The summed E-state index contributed by atoms with van der Waals surface area (Å²) in [6.45, 7) is 0. The maximum absolute atomic E-state index is 12.5. The molecular formula is C12H12ClNO. The number of rotatable bonds is 1. The first kappa shape index (κ1) is 4.04. The molecule has 15 heavy (non-hydrogen) atoms. The van der Waals surface area contributed by atoms with E-state index in [-0.39, 0.29) is 0 Å². The van der Waals surface area contributed by atoms with Crippen LogP contribution in [0.2, 0.25) is 5.02 Å². The fourth-order valence-corrected chi connectivity index (χ4v) is 1.41. The molecule has 1 aliphatic rings. The molecule has 0 heterocycles. The summed E-state index contributed by atoms with van der Waals surface area (Å²) in [4.78, 5) is 12.5. The van der Waals surface area contributed by atoms with E-state index in [9.17, 15) is 4.79 Å². The van der Waals surface area contributed by atoms with Gasteiger partial charge in [0.2, 0.25) is 0 Å². The Bertz CT molecular complexity index is 762. The van der Waals surface area contributed by atoms with Crippen molar-refractivity contribution in [2.75, 3.05) is 0 Å². The van der Waals surface area contributed by atoms with E-state index >= 15 is 0 Å². The number of ketones is 1. The highest BCUT2D eigenvalue weighted by Crippen LogP contribution is 2.33. The molecule has 2 rings (SSSR count). The molecule has 0 bridgehead atoms. The van der Waals surface area contributed by atoms with E-state index in [4.69, 9.17) is 29.7 Å². The minimum Gasteiger partial charge on any atom is -0.315 e. The summed E-state index contributed by atoms with van der Waals surface area (Å²) in [6, 6.07) is -3.99. The first-order valence-electron chi connectivity index (χ1n) is 8.51. The second kappa shape index (κ2) is 3.80. The summed E-state index contributed by atoms with van der Waals surface area (Å²) in [7, 11) is 0. The normalized spacial score (nSPS) is 41.6. The number of benzene rings is 1. The van der Waals surface area contributed by atoms with Crippen LogP contribution in [0.25, 0.3) is 0 Å². The molecule has 2 N–H and O–H groups in total. The Kier molecular flexibility index (Phi) is 1.02. The zero-order chi connectivity index (χ0) is 18.8. The maximum atomic E-state index is 12.5. The Morgan fingerprint density at radius 3 is 3.07 bits per heavy atom. The van der Waals surface area contributed by atoms with Gasteiger partial charge in [0.15, 0.2) is 5.78 Å². The maximum Gasteiger partial charge on any atom is 0.179 e. The number of nitrogens with two attached hydrogens (primary N) is 1. The van der Waals surface area contributed by atoms with Crippen molar-refractivity contribution in [3.8, 4) is 0 Å². The van der Waals surface area contributed by atoms with Gasteiger partial charge in [-0.3, -0.25) is 4.79 Å². The van der Waals surface area contributed by atoms with E-state index in [1.165, 1.54) is 0 Å². The van der Waals surface area contributed by atoms with Crippen LogP contribution in [0.1, 0.15) is 30.6 Å². The molecule has 1 aromatic rings. The fraction of sp³-hybridized carbons (Fsp3) is 0.250. The van der Waals surface area contributed by atoms with E-state index in [0.717, 1.165) is 0 Å². The number of halogens is 1. The lowest BCUT2D eigenvalue weighted by Crippen LogP contribution is -2.45. The lowest BCUT2D eigenvalue weighted by atomic mass is 9.79. The van der Waals surface area contributed by atoms with Gasteiger partial charge in [0, 0.05) is 10.5 Å². The van der Waals surface area contributed by atoms with E-state index in [0.29, 0.717) is 6.08 Å². The van der Waals surface area contributed by atoms with Crippen LogP contribution in [-0.2, 0) is 10.3 Å². The van der Waals surface area contributed by atoms with Crippen molar-refractivity contribution in [1.29, 1.82) is 0 Å². The zero-order valence-corrected chi connectivity index (χ0v) is 8.20. The van der Waals surface area contributed by atoms with Crippen molar-refractivity contribution in [2.24, 2.45) is 5.73 Å². The van der Waals surface area contributed by atoms with Crippen LogP contribution in [0.5, 0.6) is 0 Å². The fourth-order valence-electron chi connectivity index (χ4n) is 1.17. The average molecular weight is 231 g/mol. The van der Waals surface area contributed by atoms with Crippen LogP contribution in [0.4, 0.5) is 0 Å². The largest absolute Gasteiger partial charge is 0.315 e. The van der Waals surface area contributed by atoms with Gasteiger partial charge in [-0.15, -0.1) is 0 Å². The van der Waals surface area contributed by atoms with Gasteiger partial charge < -0.3 is 5.73 Å². The molecule has 0 radical (unpaired) electrons. The molecule has 0 spiro atoms. The standard InChI is InChI=1S/C12H12ClNO/c13-10-6-2-1-5-9(10)12(14)8-4-3-7-11(12)15/h1-3,5-7H,4,8,14H2/i1D,2D,4D2,5D,6D,7D,8D2. The monoisotopic (exact) mass is 230 g/mol. The molecule has 0 saturated carbocycles. The van der Waals surface area contributed by atoms with Crippen molar-refractivity contribution in [2.45, 2.75) is 18.3 Å². The van der Waals surface area contributed by atoms with Crippen molar-refractivity contribution in [3.63, 3.8) is 0 Å². The van der Waals surface area contributed by atoms with Crippen LogP contribution in [-0.4, -0.2) is 5.78 Å². The van der Waals surface area contributed by atoms with Gasteiger partial charge in [0.25, 0.3) is 0 Å². The molecule has 1 unspecified atom stereocenters. The Labute approximate surface area is 106 Å². The molecule has 3 heteroatoms. The molecule has 0 aliphatic heterocycles. The minimum atomic E-state index is -3.12. The van der Waals surface area contributed by atoms with Gasteiger partial charge in [0.1, 0.15) is 5.54 Å². The van der Waals surface area contributed by atoms with Crippen LogP contribution >= 0.6 is 11.6 Å². The zero-order valence-electron chi connectivity index (χ0n) is 16.4. The number of allylic oxidation sites excluding steroid dienone is 1. The third kappa shape index (κ3) is 1.71. The molecule has 1 aromatic carbocycles. The number of hydrogen-bond donors (Lipinski definition) is 1. The summed E-state index contributed by atoms with van der Waals surface area (Å²) >= 11 is 5.92. The van der Waals surface area contributed by atoms with E-state index in [2.05, 4.69) is 0 Å². The molecule has 0 amide bonds. The van der Waals surface area contributed by atoms with E-state index in [1.54, 1.807) is 0 Å². The number of carbonyl (C=O) groups is 1. The summed E-state index contributed by atoms with van der Waals surface area (Å²) in [5.41, 5.74) is 2.24. The molecule has 78 valence electrons. The minimum absolute atomic E-state index is 0.486. The van der Waals surface area contributed by atoms with Gasteiger partial charge in [0.05, 0.1) is 6.85 Å². The van der Waals surface area contributed by atoms with E-state index < -0.39 is 64.9 Å². The number of hydrogen-bond acceptors (Lipinski definition) is 2. The second-order valence-electron chi connectivity index (χ2n) is 2.88. The number of carbonyl (C=O) groups excluding carboxylic acids is 1. The van der Waals surface area contributed by atoms with Crippen LogP contribution in [0.15, 0.2) is 36.3 Å². The average Bonchev–Trinajstić information content (AvgIpc) is 2.48. The summed E-state index contributed by atoms with van der Waals surface area (Å²) in [5.74, 6) is -1.32. The summed E-state index contributed by atoms with van der Waals surface area (Å²) < 4.78 is 70.1. The van der Waals surface area contributed by atoms with Crippen molar-refractivity contribution in [3.05, 3.63) is 46.9 Å². The lowest BCUT2D eigenvalue weighted by Gasteiger charge is -2.30. The molecular weight excluding hydrogens is 210 g/mol. The SMILES string of the molecule is [2H]C1=CC([2H])([2H])C([2H])([2H])C(N)(c2c([2H])c([2H])c([2H])c([2H])c2Cl)C1=O. The third-order valence-corrected chi connectivity index (χ3v) is 2.22. The van der Waals surface area contributed by atoms with Gasteiger partial charge >= 0.3 is 0 Å². The van der Waals surface area contributed by atoms with Gasteiger partial charge in [-0.2, -0.15) is 0 Å². The topological polar surface area (TPSA) is 43.1 Å². The van der Waals surface area contributed by atoms with Gasteiger partial charge in [-0.25, -0.2) is 0 Å². The molecule has 0 fully saturated rings. The highest BCUT2D eigenvalue weighted by molar-refractivity contribution is 6.31. The predicted molar refractivity (Wildman–Crippen MR) is 60.7 cm³/mol.